The standard InChI is InChI=1S/C24H22FN5O.C22H17FN4O2.C19H11ClFN3.C3H7NO2.C2H7N/c1-30(2)22(31)10-12-27-24-20-14-17(16-5-3-7-19(25)13-16)8-9-21(20)28-23(29-24)18-6-4-11-26-15-18;23-17-5-1-3-14(11-17)15-6-7-19-18(12-15)22(25-10-8-20(28)29)27-21(26-19)16-4-2-9-24-13-16;20-18-16-10-13(12-3-1-5-15(21)9-12)6-7-17(16)23-19(24-18)14-4-2-8-22-11-14;4-2-1-3(5)6;1-3-2/h3-9,11,13-15H,10,12H2,1-2H3,(H,27,28,29);1-7,9,11-13H,8,10H2,(H,28,29)(H,25,26,27);1-11H;1-2,4H2,(H,5,6);3H,1-2H3. The number of halogens is 4. The van der Waals surface area contributed by atoms with Crippen LogP contribution in [0.15, 0.2) is 201 Å². The highest BCUT2D eigenvalue weighted by Crippen LogP contribution is 2.33. The fourth-order valence-electron chi connectivity index (χ4n) is 8.96. The number of aliphatic carboxylic acids is 2. The number of carboxylic acid groups (broad SMARTS) is 2. The SMILES string of the molecule is CN(C)C(=O)CCNc1nc(-c2cccnc2)nc2ccc(-c3cccc(F)c3)cc12.CNC.Fc1cccc(-c2ccc3nc(-c4cccnc4)nc(Cl)c3c2)c1.NCCC(=O)O.O=C(O)CCNc1nc(-c2cccnc2)nc2ccc(-c3cccc(F)c3)cc12. The zero-order valence-corrected chi connectivity index (χ0v) is 51.7. The predicted octanol–water partition coefficient (Wildman–Crippen LogP) is 13.2. The van der Waals surface area contributed by atoms with Gasteiger partial charge in [-0.15, -0.1) is 0 Å². The second-order valence-corrected chi connectivity index (χ2v) is 20.9. The first-order valence-electron chi connectivity index (χ1n) is 29.0. The van der Waals surface area contributed by atoms with E-state index in [4.69, 9.17) is 32.5 Å². The van der Waals surface area contributed by atoms with E-state index in [2.05, 4.69) is 55.8 Å². The topological polar surface area (TPSA) is 273 Å². The van der Waals surface area contributed by atoms with Gasteiger partial charge in [0.25, 0.3) is 0 Å². The van der Waals surface area contributed by atoms with E-state index in [0.29, 0.717) is 52.7 Å². The Labute approximate surface area is 538 Å². The van der Waals surface area contributed by atoms with Gasteiger partial charge < -0.3 is 36.8 Å². The molecule has 12 rings (SSSR count). The number of carbonyl (C=O) groups excluding carboxylic acids is 1. The number of nitrogens with zero attached hydrogens (tertiary/aromatic N) is 10. The maximum atomic E-state index is 13.7. The number of amides is 1. The minimum absolute atomic E-state index is 0.0267. The van der Waals surface area contributed by atoms with Gasteiger partial charge in [0.05, 0.1) is 29.4 Å². The monoisotopic (exact) mass is 1270 g/mol. The third-order valence-electron chi connectivity index (χ3n) is 13.4. The molecule has 7 N–H and O–H groups in total. The highest BCUT2D eigenvalue weighted by molar-refractivity contribution is 6.34. The van der Waals surface area contributed by atoms with Crippen molar-refractivity contribution in [3.63, 3.8) is 0 Å². The molecule has 0 bridgehead atoms. The Bertz CT molecular complexity index is 4510. The van der Waals surface area contributed by atoms with E-state index in [0.717, 1.165) is 77.3 Å². The lowest BCUT2D eigenvalue weighted by Crippen LogP contribution is -2.24. The molecular weight excluding hydrogens is 1210 g/mol. The molecule has 0 saturated heterocycles. The van der Waals surface area contributed by atoms with Gasteiger partial charge in [-0.1, -0.05) is 66.2 Å². The van der Waals surface area contributed by atoms with E-state index in [1.807, 2.05) is 117 Å². The van der Waals surface area contributed by atoms with Gasteiger partial charge in [-0.2, -0.15) is 0 Å². The van der Waals surface area contributed by atoms with Crippen molar-refractivity contribution in [1.82, 2.24) is 55.1 Å². The molecule has 6 heterocycles. The molecule has 0 radical (unpaired) electrons. The van der Waals surface area contributed by atoms with E-state index < -0.39 is 11.9 Å². The van der Waals surface area contributed by atoms with Crippen LogP contribution in [0.4, 0.5) is 24.8 Å². The van der Waals surface area contributed by atoms with Gasteiger partial charge in [0.1, 0.15) is 34.2 Å². The number of anilines is 2. The number of carbonyl (C=O) groups is 3. The number of nitrogens with one attached hydrogen (secondary N) is 3. The van der Waals surface area contributed by atoms with Crippen LogP contribution in [0.3, 0.4) is 0 Å². The largest absolute Gasteiger partial charge is 0.481 e. The molecule has 12 aromatic rings. The summed E-state index contributed by atoms with van der Waals surface area (Å²) in [5.41, 5.74) is 14.2. The number of rotatable bonds is 16. The fraction of sp³-hybridized carbons (Fsp3) is 0.143. The highest BCUT2D eigenvalue weighted by atomic mass is 35.5. The summed E-state index contributed by atoms with van der Waals surface area (Å²) in [5.74, 6) is 0.109. The first-order valence-corrected chi connectivity index (χ1v) is 29.4. The van der Waals surface area contributed by atoms with Crippen LogP contribution in [-0.2, 0) is 14.4 Å². The molecule has 0 aliphatic carbocycles. The van der Waals surface area contributed by atoms with E-state index in [1.54, 1.807) is 80.4 Å². The Morgan fingerprint density at radius 3 is 1.13 bits per heavy atom. The molecule has 93 heavy (non-hydrogen) atoms. The van der Waals surface area contributed by atoms with Crippen LogP contribution in [0.2, 0.25) is 5.15 Å². The van der Waals surface area contributed by atoms with Crippen LogP contribution in [0.5, 0.6) is 0 Å². The molecule has 0 fully saturated rings. The van der Waals surface area contributed by atoms with Gasteiger partial charge in [-0.3, -0.25) is 29.3 Å². The molecule has 23 heteroatoms. The molecule has 0 atom stereocenters. The second kappa shape index (κ2) is 33.6. The van der Waals surface area contributed by atoms with Crippen LogP contribution in [0, 0.1) is 17.5 Å². The van der Waals surface area contributed by atoms with Gasteiger partial charge in [0.2, 0.25) is 5.91 Å². The van der Waals surface area contributed by atoms with Crippen LogP contribution in [-0.4, -0.2) is 126 Å². The first-order chi connectivity index (χ1) is 45.0. The average Bonchev–Trinajstić information content (AvgIpc) is 0.893. The van der Waals surface area contributed by atoms with Gasteiger partial charge in [0.15, 0.2) is 17.5 Å². The number of fused-ring (bicyclic) bond motifs is 3. The molecule has 0 aliphatic heterocycles. The molecule has 472 valence electrons. The smallest absolute Gasteiger partial charge is 0.305 e. The maximum absolute atomic E-state index is 13.7. The molecule has 0 aliphatic rings. The Morgan fingerprint density at radius 1 is 0.452 bits per heavy atom. The van der Waals surface area contributed by atoms with Crippen LogP contribution >= 0.6 is 11.6 Å². The first kappa shape index (κ1) is 67.7. The number of benzene rings is 6. The molecule has 0 spiro atoms. The molecular formula is C70H64ClF3N14O5. The number of hydrogen-bond acceptors (Lipinski definition) is 16. The van der Waals surface area contributed by atoms with Crippen LogP contribution in [0.1, 0.15) is 19.3 Å². The number of hydrogen-bond donors (Lipinski definition) is 6. The quantitative estimate of drug-likeness (QED) is 0.0491. The summed E-state index contributed by atoms with van der Waals surface area (Å²) in [6.07, 6.45) is 10.5. The Morgan fingerprint density at radius 2 is 0.796 bits per heavy atom. The molecule has 0 unspecified atom stereocenters. The Hall–Kier alpha value is -11.2. The number of nitrogens with two attached hydrogens (primary N) is 1. The van der Waals surface area contributed by atoms with Crippen molar-refractivity contribution in [3.8, 4) is 67.5 Å². The minimum Gasteiger partial charge on any atom is -0.481 e. The van der Waals surface area contributed by atoms with Gasteiger partial charge in [-0.05, 0) is 157 Å². The molecule has 0 saturated carbocycles. The second-order valence-electron chi connectivity index (χ2n) is 20.5. The van der Waals surface area contributed by atoms with Gasteiger partial charge in [-0.25, -0.2) is 43.1 Å². The average molecular weight is 1270 g/mol. The van der Waals surface area contributed by atoms with E-state index in [1.165, 1.54) is 36.4 Å². The number of carboxylic acids is 2. The van der Waals surface area contributed by atoms with E-state index >= 15 is 0 Å². The summed E-state index contributed by atoms with van der Waals surface area (Å²) in [6.45, 7) is 0.882. The summed E-state index contributed by atoms with van der Waals surface area (Å²) in [5, 5.41) is 28.5. The molecule has 6 aromatic carbocycles. The van der Waals surface area contributed by atoms with Crippen LogP contribution in [0.25, 0.3) is 100 Å². The third kappa shape index (κ3) is 19.4. The summed E-state index contributed by atoms with van der Waals surface area (Å²) >= 11 is 6.36. The van der Waals surface area contributed by atoms with Crippen molar-refractivity contribution in [1.29, 1.82) is 0 Å². The minimum atomic E-state index is -0.899. The van der Waals surface area contributed by atoms with Gasteiger partial charge >= 0.3 is 11.9 Å². The molecule has 6 aromatic heterocycles. The van der Waals surface area contributed by atoms with Crippen molar-refractivity contribution in [2.75, 3.05) is 58.5 Å². The normalized spacial score (nSPS) is 10.5. The third-order valence-corrected chi connectivity index (χ3v) is 13.7. The summed E-state index contributed by atoms with van der Waals surface area (Å²) in [7, 11) is 7.21. The predicted molar refractivity (Wildman–Crippen MR) is 358 cm³/mol. The van der Waals surface area contributed by atoms with Crippen molar-refractivity contribution in [2.24, 2.45) is 5.73 Å². The zero-order valence-electron chi connectivity index (χ0n) is 51.0. The summed E-state index contributed by atoms with van der Waals surface area (Å²) in [6, 6.07) is 47.3. The van der Waals surface area contributed by atoms with Crippen molar-refractivity contribution < 1.29 is 37.8 Å². The Balaban J connectivity index is 0.000000169. The van der Waals surface area contributed by atoms with Gasteiger partial charge in [0, 0.05) is 110 Å². The number of pyridine rings is 3. The van der Waals surface area contributed by atoms with E-state index in [-0.39, 0.29) is 49.3 Å². The van der Waals surface area contributed by atoms with Crippen molar-refractivity contribution in [3.05, 3.63) is 224 Å². The Kier molecular flexibility index (Phi) is 24.4. The van der Waals surface area contributed by atoms with Crippen molar-refractivity contribution >= 4 is 73.8 Å². The zero-order chi connectivity index (χ0) is 66.2. The highest BCUT2D eigenvalue weighted by Gasteiger charge is 2.16. The maximum Gasteiger partial charge on any atom is 0.305 e. The summed E-state index contributed by atoms with van der Waals surface area (Å²) in [4.78, 5) is 73.8. The lowest BCUT2D eigenvalue weighted by atomic mass is 10.0. The van der Waals surface area contributed by atoms with E-state index in [9.17, 15) is 27.6 Å². The lowest BCUT2D eigenvalue weighted by molar-refractivity contribution is -0.137. The fourth-order valence-corrected chi connectivity index (χ4v) is 9.19. The lowest BCUT2D eigenvalue weighted by Gasteiger charge is -2.14. The molecule has 1 amide bonds. The van der Waals surface area contributed by atoms with Crippen molar-refractivity contribution in [2.45, 2.75) is 19.3 Å². The summed E-state index contributed by atoms with van der Waals surface area (Å²) < 4.78 is 40.8. The van der Waals surface area contributed by atoms with Crippen LogP contribution < -0.4 is 21.7 Å². The number of aromatic nitrogens is 9. The molecule has 19 nitrogen and oxygen atoms in total.